The molecule has 0 rings (SSSR count). The molecule has 0 spiro atoms. The summed E-state index contributed by atoms with van der Waals surface area (Å²) in [4.78, 5) is 10.1. The van der Waals surface area contributed by atoms with Gasteiger partial charge in [-0.2, -0.15) is 0 Å². The molecule has 0 radical (unpaired) electrons. The van der Waals surface area contributed by atoms with Crippen LogP contribution in [0.2, 0.25) is 0 Å². The van der Waals surface area contributed by atoms with Crippen LogP contribution in [0.1, 0.15) is 26.7 Å². The highest BCUT2D eigenvalue weighted by Gasteiger charge is 2.05. The first-order valence-corrected chi connectivity index (χ1v) is 2.98. The maximum Gasteiger partial charge on any atom is 0.305 e. The average molecular weight is 134 g/mol. The molecule has 1 unspecified atom stereocenters. The van der Waals surface area contributed by atoms with Gasteiger partial charge in [0.05, 0.1) is 0 Å². The third kappa shape index (κ3) is 5.27. The second kappa shape index (κ2) is 4.30. The first kappa shape index (κ1) is 8.40. The van der Waals surface area contributed by atoms with Crippen LogP contribution < -0.4 is 0 Å². The summed E-state index contributed by atoms with van der Waals surface area (Å²) in [7, 11) is 0. The van der Waals surface area contributed by atoms with Crippen molar-refractivity contribution in [1.82, 2.24) is 0 Å². The van der Waals surface area contributed by atoms with Crippen molar-refractivity contribution in [2.75, 3.05) is 0 Å². The highest BCUT2D eigenvalue weighted by atomic mass is 19.1. The molecule has 0 aromatic rings. The fraction of sp³-hybridized carbons (Fsp3) is 0.833. The van der Waals surface area contributed by atoms with Crippen LogP contribution in [-0.2, 0) is 9.53 Å². The van der Waals surface area contributed by atoms with E-state index in [-0.39, 0.29) is 0 Å². The Hall–Kier alpha value is -0.600. The lowest BCUT2D eigenvalue weighted by molar-refractivity contribution is -0.155. The van der Waals surface area contributed by atoms with Crippen molar-refractivity contribution in [1.29, 1.82) is 0 Å². The minimum atomic E-state index is -1.41. The van der Waals surface area contributed by atoms with Crippen molar-refractivity contribution in [2.24, 2.45) is 0 Å². The van der Waals surface area contributed by atoms with E-state index in [4.69, 9.17) is 0 Å². The zero-order valence-corrected chi connectivity index (χ0v) is 5.69. The summed E-state index contributed by atoms with van der Waals surface area (Å²) >= 11 is 0. The molecular weight excluding hydrogens is 123 g/mol. The average Bonchev–Trinajstić information content (AvgIpc) is 1.63. The third-order valence-corrected chi connectivity index (χ3v) is 0.809. The number of hydrogen-bond donors (Lipinski definition) is 0. The molecule has 0 N–H and O–H groups in total. The first-order chi connectivity index (χ1) is 4.16. The zero-order valence-electron chi connectivity index (χ0n) is 5.69. The fourth-order valence-electron chi connectivity index (χ4n) is 0.466. The number of ether oxygens (including phenoxy) is 1. The van der Waals surface area contributed by atoms with Crippen LogP contribution in [-0.4, -0.2) is 12.3 Å². The number of rotatable bonds is 3. The molecule has 0 aromatic carbocycles. The second-order valence-electron chi connectivity index (χ2n) is 1.81. The molecule has 0 heterocycles. The Labute approximate surface area is 54.0 Å². The first-order valence-electron chi connectivity index (χ1n) is 2.98. The predicted octanol–water partition coefficient (Wildman–Crippen LogP) is 1.65. The van der Waals surface area contributed by atoms with E-state index in [1.165, 1.54) is 6.92 Å². The Bertz CT molecular complexity index is 93.1. The van der Waals surface area contributed by atoms with Crippen LogP contribution in [0, 0.1) is 0 Å². The monoisotopic (exact) mass is 134 g/mol. The van der Waals surface area contributed by atoms with Gasteiger partial charge in [-0.15, -0.1) is 0 Å². The van der Waals surface area contributed by atoms with E-state index >= 15 is 0 Å². The molecule has 0 aromatic heterocycles. The smallest absolute Gasteiger partial charge is 0.305 e. The molecule has 2 nitrogen and oxygen atoms in total. The fourth-order valence-corrected chi connectivity index (χ4v) is 0.466. The van der Waals surface area contributed by atoms with Crippen LogP contribution in [0.3, 0.4) is 0 Å². The summed E-state index contributed by atoms with van der Waals surface area (Å²) < 4.78 is 16.4. The molecule has 0 bridgehead atoms. The lowest BCUT2D eigenvalue weighted by atomic mass is 10.3. The summed E-state index contributed by atoms with van der Waals surface area (Å²) in [5.41, 5.74) is 0. The Balaban J connectivity index is 3.26. The van der Waals surface area contributed by atoms with Crippen LogP contribution >= 0.6 is 0 Å². The highest BCUT2D eigenvalue weighted by molar-refractivity contribution is 5.65. The van der Waals surface area contributed by atoms with E-state index in [1.54, 1.807) is 0 Å². The number of alkyl halides is 1. The van der Waals surface area contributed by atoms with Crippen molar-refractivity contribution < 1.29 is 13.9 Å². The second-order valence-corrected chi connectivity index (χ2v) is 1.81. The van der Waals surface area contributed by atoms with E-state index < -0.39 is 12.3 Å². The molecule has 0 saturated heterocycles. The normalized spacial score (nSPS) is 12.8. The molecule has 0 aliphatic rings. The van der Waals surface area contributed by atoms with Crippen molar-refractivity contribution in [3.8, 4) is 0 Å². The minimum Gasteiger partial charge on any atom is -0.431 e. The van der Waals surface area contributed by atoms with Gasteiger partial charge in [0.1, 0.15) is 0 Å². The number of carbonyl (C=O) groups excluding carboxylic acids is 1. The summed E-state index contributed by atoms with van der Waals surface area (Å²) in [6.07, 6.45) is -0.430. The van der Waals surface area contributed by atoms with Gasteiger partial charge in [0, 0.05) is 13.3 Å². The topological polar surface area (TPSA) is 26.3 Å². The third-order valence-electron chi connectivity index (χ3n) is 0.809. The molecule has 0 amide bonds. The van der Waals surface area contributed by atoms with Crippen molar-refractivity contribution in [2.45, 2.75) is 33.0 Å². The Morgan fingerprint density at radius 3 is 2.67 bits per heavy atom. The van der Waals surface area contributed by atoms with Gasteiger partial charge in [-0.1, -0.05) is 6.92 Å². The highest BCUT2D eigenvalue weighted by Crippen LogP contribution is 2.02. The summed E-state index contributed by atoms with van der Waals surface area (Å²) in [5.74, 6) is -0.559. The number of halogens is 1. The van der Waals surface area contributed by atoms with Crippen molar-refractivity contribution >= 4 is 5.97 Å². The molecule has 9 heavy (non-hydrogen) atoms. The molecule has 1 atom stereocenters. The van der Waals surface area contributed by atoms with Crippen LogP contribution in [0.15, 0.2) is 0 Å². The Kier molecular flexibility index (Phi) is 4.01. The zero-order chi connectivity index (χ0) is 7.28. The minimum absolute atomic E-state index is 0.291. The van der Waals surface area contributed by atoms with Gasteiger partial charge in [0.25, 0.3) is 0 Å². The lowest BCUT2D eigenvalue weighted by Crippen LogP contribution is -2.09. The van der Waals surface area contributed by atoms with Gasteiger partial charge in [-0.05, 0) is 6.42 Å². The van der Waals surface area contributed by atoms with Gasteiger partial charge in [-0.25, -0.2) is 4.39 Å². The summed E-state index contributed by atoms with van der Waals surface area (Å²) in [6.45, 7) is 3.03. The maximum absolute atomic E-state index is 12.2. The number of carbonyl (C=O) groups is 1. The van der Waals surface area contributed by atoms with Crippen LogP contribution in [0.25, 0.3) is 0 Å². The molecule has 54 valence electrons. The van der Waals surface area contributed by atoms with Crippen LogP contribution in [0.5, 0.6) is 0 Å². The van der Waals surface area contributed by atoms with E-state index in [0.29, 0.717) is 12.8 Å². The molecule has 0 fully saturated rings. The summed E-state index contributed by atoms with van der Waals surface area (Å²) in [6, 6.07) is 0. The molecule has 0 aliphatic carbocycles. The van der Waals surface area contributed by atoms with Gasteiger partial charge < -0.3 is 4.74 Å². The largest absolute Gasteiger partial charge is 0.431 e. The molecular formula is C6H11FO2. The Morgan fingerprint density at radius 2 is 2.33 bits per heavy atom. The van der Waals surface area contributed by atoms with Gasteiger partial charge in [0.15, 0.2) is 0 Å². The molecule has 3 heteroatoms. The molecule has 0 aliphatic heterocycles. The van der Waals surface area contributed by atoms with Gasteiger partial charge >= 0.3 is 5.97 Å². The van der Waals surface area contributed by atoms with E-state index in [9.17, 15) is 9.18 Å². The van der Waals surface area contributed by atoms with E-state index in [2.05, 4.69) is 4.74 Å². The van der Waals surface area contributed by atoms with E-state index in [1.807, 2.05) is 6.92 Å². The van der Waals surface area contributed by atoms with Crippen molar-refractivity contribution in [3.05, 3.63) is 0 Å². The van der Waals surface area contributed by atoms with Gasteiger partial charge in [-0.3, -0.25) is 4.79 Å². The van der Waals surface area contributed by atoms with Gasteiger partial charge in [0.2, 0.25) is 6.36 Å². The Morgan fingerprint density at radius 1 is 1.78 bits per heavy atom. The quantitative estimate of drug-likeness (QED) is 0.548. The maximum atomic E-state index is 12.2. The summed E-state index contributed by atoms with van der Waals surface area (Å²) in [5, 5.41) is 0. The number of esters is 1. The van der Waals surface area contributed by atoms with E-state index in [0.717, 1.165) is 0 Å². The SMILES string of the molecule is CCCC(F)OC(C)=O. The lowest BCUT2D eigenvalue weighted by Gasteiger charge is -2.04. The molecule has 0 saturated carbocycles. The standard InChI is InChI=1S/C6H11FO2/c1-3-4-6(7)9-5(2)8/h6H,3-4H2,1-2H3. The number of hydrogen-bond acceptors (Lipinski definition) is 2. The van der Waals surface area contributed by atoms with Crippen LogP contribution in [0.4, 0.5) is 4.39 Å². The predicted molar refractivity (Wildman–Crippen MR) is 31.6 cm³/mol. The van der Waals surface area contributed by atoms with Crippen molar-refractivity contribution in [3.63, 3.8) is 0 Å².